The van der Waals surface area contributed by atoms with Crippen LogP contribution in [0, 0.1) is 0 Å². The van der Waals surface area contributed by atoms with E-state index in [4.69, 9.17) is 11.6 Å². The van der Waals surface area contributed by atoms with E-state index in [1.165, 1.54) is 17.4 Å². The van der Waals surface area contributed by atoms with Crippen LogP contribution in [0.25, 0.3) is 10.8 Å². The van der Waals surface area contributed by atoms with Gasteiger partial charge in [0.2, 0.25) is 15.9 Å². The molecule has 1 amide bonds. The van der Waals surface area contributed by atoms with E-state index in [1.54, 1.807) is 24.4 Å². The summed E-state index contributed by atoms with van der Waals surface area (Å²) in [6.07, 6.45) is 3.62. The predicted molar refractivity (Wildman–Crippen MR) is 95.0 cm³/mol. The molecule has 0 unspecified atom stereocenters. The standard InChI is InChI=1S/C15H16ClN3O3S.ClH/c1-10(20)18-12-5-6-19(9-12)23(21,22)14-4-2-3-11-7-17-8-13(16)15(11)14;/h2-4,7-8,12H,5-6,9H2,1H3,(H,18,20);1H/t12-;/m1./s1. The number of hydrogen-bond acceptors (Lipinski definition) is 4. The van der Waals surface area contributed by atoms with Crippen LogP contribution in [0.2, 0.25) is 5.02 Å². The summed E-state index contributed by atoms with van der Waals surface area (Å²) in [4.78, 5) is 15.3. The van der Waals surface area contributed by atoms with Crippen molar-refractivity contribution in [3.05, 3.63) is 35.6 Å². The minimum Gasteiger partial charge on any atom is -0.352 e. The number of nitrogens with one attached hydrogen (secondary N) is 1. The first kappa shape index (κ1) is 18.9. The zero-order chi connectivity index (χ0) is 16.6. The molecule has 0 bridgehead atoms. The summed E-state index contributed by atoms with van der Waals surface area (Å²) in [5, 5.41) is 4.22. The highest BCUT2D eigenvalue weighted by Gasteiger charge is 2.34. The molecule has 1 atom stereocenters. The van der Waals surface area contributed by atoms with Gasteiger partial charge in [-0.15, -0.1) is 12.4 Å². The van der Waals surface area contributed by atoms with Crippen molar-refractivity contribution < 1.29 is 13.2 Å². The second kappa shape index (κ2) is 7.23. The fraction of sp³-hybridized carbons (Fsp3) is 0.333. The number of sulfonamides is 1. The molecule has 2 heterocycles. The van der Waals surface area contributed by atoms with Crippen molar-refractivity contribution in [2.24, 2.45) is 0 Å². The van der Waals surface area contributed by atoms with E-state index in [0.29, 0.717) is 28.8 Å². The number of benzene rings is 1. The van der Waals surface area contributed by atoms with E-state index in [2.05, 4.69) is 10.3 Å². The SMILES string of the molecule is CC(=O)N[C@@H]1CCN(S(=O)(=O)c2cccc3cncc(Cl)c23)C1.Cl. The first-order chi connectivity index (χ1) is 10.9. The second-order valence-corrected chi connectivity index (χ2v) is 7.84. The molecule has 0 radical (unpaired) electrons. The summed E-state index contributed by atoms with van der Waals surface area (Å²) in [5.74, 6) is -0.159. The number of amides is 1. The van der Waals surface area contributed by atoms with Gasteiger partial charge in [-0.05, 0) is 12.5 Å². The molecule has 9 heteroatoms. The number of carbonyl (C=O) groups is 1. The van der Waals surface area contributed by atoms with Gasteiger partial charge in [0, 0.05) is 49.2 Å². The van der Waals surface area contributed by atoms with Gasteiger partial charge in [0.25, 0.3) is 0 Å². The van der Waals surface area contributed by atoms with Gasteiger partial charge in [-0.1, -0.05) is 23.7 Å². The van der Waals surface area contributed by atoms with Crippen molar-refractivity contribution in [2.75, 3.05) is 13.1 Å². The molecule has 1 aliphatic heterocycles. The zero-order valence-electron chi connectivity index (χ0n) is 12.9. The minimum atomic E-state index is -3.69. The normalized spacial score (nSPS) is 18.3. The Morgan fingerprint density at radius 2 is 2.12 bits per heavy atom. The molecule has 0 spiro atoms. The van der Waals surface area contributed by atoms with E-state index < -0.39 is 10.0 Å². The lowest BCUT2D eigenvalue weighted by Crippen LogP contribution is -2.37. The van der Waals surface area contributed by atoms with Crippen LogP contribution >= 0.6 is 24.0 Å². The van der Waals surface area contributed by atoms with E-state index in [9.17, 15) is 13.2 Å². The van der Waals surface area contributed by atoms with Crippen molar-refractivity contribution in [2.45, 2.75) is 24.3 Å². The molecule has 1 N–H and O–H groups in total. The number of fused-ring (bicyclic) bond motifs is 1. The highest BCUT2D eigenvalue weighted by molar-refractivity contribution is 7.89. The number of rotatable bonds is 3. The fourth-order valence-corrected chi connectivity index (χ4v) is 4.92. The lowest BCUT2D eigenvalue weighted by Gasteiger charge is -2.18. The van der Waals surface area contributed by atoms with Gasteiger partial charge in [-0.2, -0.15) is 4.31 Å². The quantitative estimate of drug-likeness (QED) is 0.872. The Morgan fingerprint density at radius 3 is 2.83 bits per heavy atom. The molecular formula is C15H17Cl2N3O3S. The van der Waals surface area contributed by atoms with Crippen molar-refractivity contribution in [1.82, 2.24) is 14.6 Å². The van der Waals surface area contributed by atoms with Gasteiger partial charge in [0.1, 0.15) is 0 Å². The lowest BCUT2D eigenvalue weighted by molar-refractivity contribution is -0.119. The Bertz CT molecular complexity index is 868. The highest BCUT2D eigenvalue weighted by atomic mass is 35.5. The number of pyridine rings is 1. The van der Waals surface area contributed by atoms with Crippen LogP contribution in [0.4, 0.5) is 0 Å². The third-order valence-electron chi connectivity index (χ3n) is 3.87. The Labute approximate surface area is 151 Å². The molecular weight excluding hydrogens is 373 g/mol. The first-order valence-corrected chi connectivity index (χ1v) is 9.01. The average Bonchev–Trinajstić information content (AvgIpc) is 2.95. The highest BCUT2D eigenvalue weighted by Crippen LogP contribution is 2.31. The van der Waals surface area contributed by atoms with E-state index in [-0.39, 0.29) is 35.8 Å². The molecule has 1 aliphatic rings. The van der Waals surface area contributed by atoms with Crippen molar-refractivity contribution >= 4 is 50.7 Å². The van der Waals surface area contributed by atoms with Crippen molar-refractivity contribution in [3.8, 4) is 0 Å². The van der Waals surface area contributed by atoms with Gasteiger partial charge >= 0.3 is 0 Å². The maximum Gasteiger partial charge on any atom is 0.243 e. The summed E-state index contributed by atoms with van der Waals surface area (Å²) in [6, 6.07) is 4.84. The smallest absolute Gasteiger partial charge is 0.243 e. The van der Waals surface area contributed by atoms with Gasteiger partial charge in [-0.25, -0.2) is 8.42 Å². The third kappa shape index (κ3) is 3.49. The molecule has 6 nitrogen and oxygen atoms in total. The van der Waals surface area contributed by atoms with Crippen LogP contribution in [-0.4, -0.2) is 42.7 Å². The summed E-state index contributed by atoms with van der Waals surface area (Å²) in [6.45, 7) is 2.06. The summed E-state index contributed by atoms with van der Waals surface area (Å²) >= 11 is 6.17. The molecule has 1 aromatic carbocycles. The Balaban J connectivity index is 0.00000208. The first-order valence-electron chi connectivity index (χ1n) is 7.19. The number of nitrogens with zero attached hydrogens (tertiary/aromatic N) is 2. The summed E-state index contributed by atoms with van der Waals surface area (Å²) < 4.78 is 27.3. The van der Waals surface area contributed by atoms with Crippen molar-refractivity contribution in [1.29, 1.82) is 0 Å². The van der Waals surface area contributed by atoms with Crippen molar-refractivity contribution in [3.63, 3.8) is 0 Å². The van der Waals surface area contributed by atoms with Crippen LogP contribution < -0.4 is 5.32 Å². The minimum absolute atomic E-state index is 0. The van der Waals surface area contributed by atoms with Gasteiger partial charge in [-0.3, -0.25) is 9.78 Å². The molecule has 0 aliphatic carbocycles. The topological polar surface area (TPSA) is 79.4 Å². The second-order valence-electron chi connectivity index (χ2n) is 5.52. The van der Waals surface area contributed by atoms with E-state index in [1.807, 2.05) is 0 Å². The molecule has 130 valence electrons. The monoisotopic (exact) mass is 389 g/mol. The Hall–Kier alpha value is -1.41. The lowest BCUT2D eigenvalue weighted by atomic mass is 10.2. The number of carbonyl (C=O) groups excluding carboxylic acids is 1. The maximum atomic E-state index is 13.0. The average molecular weight is 390 g/mol. The Morgan fingerprint density at radius 1 is 1.38 bits per heavy atom. The summed E-state index contributed by atoms with van der Waals surface area (Å²) in [5.41, 5.74) is 0. The van der Waals surface area contributed by atoms with Crippen LogP contribution in [0.1, 0.15) is 13.3 Å². The summed E-state index contributed by atoms with van der Waals surface area (Å²) in [7, 11) is -3.69. The zero-order valence-corrected chi connectivity index (χ0v) is 15.3. The fourth-order valence-electron chi connectivity index (χ4n) is 2.86. The molecule has 1 fully saturated rings. The molecule has 1 aromatic heterocycles. The molecule has 2 aromatic rings. The Kier molecular flexibility index (Phi) is 5.70. The molecule has 1 saturated heterocycles. The third-order valence-corrected chi connectivity index (χ3v) is 6.07. The van der Waals surface area contributed by atoms with Crippen LogP contribution in [0.3, 0.4) is 0 Å². The largest absolute Gasteiger partial charge is 0.352 e. The van der Waals surface area contributed by atoms with Crippen LogP contribution in [0.5, 0.6) is 0 Å². The number of hydrogen-bond donors (Lipinski definition) is 1. The van der Waals surface area contributed by atoms with E-state index >= 15 is 0 Å². The molecule has 3 rings (SSSR count). The number of aromatic nitrogens is 1. The maximum absolute atomic E-state index is 13.0. The molecule has 0 saturated carbocycles. The molecule has 24 heavy (non-hydrogen) atoms. The predicted octanol–water partition coefficient (Wildman–Crippen LogP) is 2.21. The van der Waals surface area contributed by atoms with Gasteiger partial charge < -0.3 is 5.32 Å². The van der Waals surface area contributed by atoms with Crippen LogP contribution in [-0.2, 0) is 14.8 Å². The van der Waals surface area contributed by atoms with Gasteiger partial charge in [0.15, 0.2) is 0 Å². The van der Waals surface area contributed by atoms with Gasteiger partial charge in [0.05, 0.1) is 9.92 Å². The van der Waals surface area contributed by atoms with Crippen LogP contribution in [0.15, 0.2) is 35.5 Å². The number of halogens is 2. The van der Waals surface area contributed by atoms with E-state index in [0.717, 1.165) is 0 Å².